The number of amides is 1. The summed E-state index contributed by atoms with van der Waals surface area (Å²) in [6.45, 7) is 10.9. The zero-order valence-corrected chi connectivity index (χ0v) is 17.4. The Hall–Kier alpha value is -1.95. The van der Waals surface area contributed by atoms with Gasteiger partial charge >= 0.3 is 6.09 Å². The fourth-order valence-electron chi connectivity index (χ4n) is 4.97. The van der Waals surface area contributed by atoms with Crippen LogP contribution in [0.4, 0.5) is 4.79 Å². The molecular formula is C22H31NO5. The topological polar surface area (TPSA) is 68.2 Å². The van der Waals surface area contributed by atoms with Crippen molar-refractivity contribution in [1.82, 2.24) is 4.90 Å². The second-order valence-electron chi connectivity index (χ2n) is 9.90. The number of benzene rings is 1. The number of carbonyl (C=O) groups is 1. The van der Waals surface area contributed by atoms with Crippen molar-refractivity contribution in [3.8, 4) is 11.5 Å². The summed E-state index contributed by atoms with van der Waals surface area (Å²) < 4.78 is 18.3. The minimum atomic E-state index is -0.525. The van der Waals surface area contributed by atoms with Crippen molar-refractivity contribution >= 4 is 6.09 Å². The predicted molar refractivity (Wildman–Crippen MR) is 105 cm³/mol. The number of phenolic OH excluding ortho intramolecular Hbond substituents is 1. The average Bonchev–Trinajstić information content (AvgIpc) is 2.98. The molecule has 28 heavy (non-hydrogen) atoms. The lowest BCUT2D eigenvalue weighted by atomic mass is 9.70. The van der Waals surface area contributed by atoms with Crippen LogP contribution in [0.5, 0.6) is 11.5 Å². The number of rotatable bonds is 0. The second kappa shape index (κ2) is 6.28. The summed E-state index contributed by atoms with van der Waals surface area (Å²) in [4.78, 5) is 14.8. The van der Waals surface area contributed by atoms with Gasteiger partial charge in [0.2, 0.25) is 0 Å². The zero-order valence-electron chi connectivity index (χ0n) is 17.4. The molecule has 3 aliphatic rings. The highest BCUT2D eigenvalue weighted by Gasteiger charge is 2.57. The Labute approximate surface area is 166 Å². The molecule has 0 radical (unpaired) electrons. The second-order valence-corrected chi connectivity index (χ2v) is 9.90. The Kier molecular flexibility index (Phi) is 4.34. The molecule has 1 aromatic rings. The van der Waals surface area contributed by atoms with Crippen LogP contribution in [0.25, 0.3) is 0 Å². The van der Waals surface area contributed by atoms with Gasteiger partial charge in [-0.3, -0.25) is 0 Å². The fraction of sp³-hybridized carbons (Fsp3) is 0.682. The number of phenols is 1. The first-order chi connectivity index (χ1) is 13.0. The highest BCUT2D eigenvalue weighted by atomic mass is 16.6. The van der Waals surface area contributed by atoms with Crippen molar-refractivity contribution in [3.05, 3.63) is 23.8 Å². The molecule has 3 atom stereocenters. The van der Waals surface area contributed by atoms with Gasteiger partial charge in [-0.25, -0.2) is 4.79 Å². The molecule has 2 fully saturated rings. The van der Waals surface area contributed by atoms with Crippen molar-refractivity contribution < 1.29 is 24.1 Å². The normalized spacial score (nSPS) is 31.1. The summed E-state index contributed by atoms with van der Waals surface area (Å²) in [7, 11) is 0. The molecule has 1 unspecified atom stereocenters. The maximum atomic E-state index is 12.9. The number of fused-ring (bicyclic) bond motifs is 3. The first kappa shape index (κ1) is 19.4. The van der Waals surface area contributed by atoms with Crippen molar-refractivity contribution in [1.29, 1.82) is 0 Å². The smallest absolute Gasteiger partial charge is 0.410 e. The lowest BCUT2D eigenvalue weighted by Gasteiger charge is -2.53. The summed E-state index contributed by atoms with van der Waals surface area (Å²) in [6, 6.07) is 5.42. The van der Waals surface area contributed by atoms with Gasteiger partial charge in [-0.2, -0.15) is 0 Å². The summed E-state index contributed by atoms with van der Waals surface area (Å²) in [5.74, 6) is 0.725. The SMILES string of the molecule is CC(C)(C)OC(=O)N1CCCC12CO[C@H]1c3cccc(O)c3OC(C)(C)[C@@H]1C2. The van der Waals surface area contributed by atoms with Gasteiger partial charge in [0.15, 0.2) is 11.5 Å². The maximum absolute atomic E-state index is 12.9. The van der Waals surface area contributed by atoms with Gasteiger partial charge in [-0.1, -0.05) is 12.1 Å². The van der Waals surface area contributed by atoms with Crippen LogP contribution < -0.4 is 4.74 Å². The van der Waals surface area contributed by atoms with Crippen LogP contribution in [0.1, 0.15) is 65.5 Å². The molecule has 0 aliphatic carbocycles. The Morgan fingerprint density at radius 1 is 1.32 bits per heavy atom. The average molecular weight is 389 g/mol. The van der Waals surface area contributed by atoms with E-state index in [0.717, 1.165) is 24.8 Å². The molecule has 3 aliphatic heterocycles. The predicted octanol–water partition coefficient (Wildman–Crippen LogP) is 4.41. The zero-order chi connectivity index (χ0) is 20.3. The molecule has 1 aromatic carbocycles. The van der Waals surface area contributed by atoms with E-state index in [-0.39, 0.29) is 29.4 Å². The molecule has 0 bridgehead atoms. The number of para-hydroxylation sites is 1. The van der Waals surface area contributed by atoms with Crippen LogP contribution in [0.3, 0.4) is 0 Å². The van der Waals surface area contributed by atoms with Gasteiger partial charge in [0.25, 0.3) is 0 Å². The van der Waals surface area contributed by atoms with Crippen LogP contribution >= 0.6 is 0 Å². The molecule has 1 spiro atoms. The highest BCUT2D eigenvalue weighted by Crippen LogP contribution is 2.55. The van der Waals surface area contributed by atoms with E-state index in [9.17, 15) is 9.90 Å². The lowest BCUT2D eigenvalue weighted by Crippen LogP contribution is -2.60. The van der Waals surface area contributed by atoms with Crippen molar-refractivity contribution in [2.45, 2.75) is 76.7 Å². The molecule has 2 saturated heterocycles. The van der Waals surface area contributed by atoms with E-state index in [1.165, 1.54) is 0 Å². The number of hydrogen-bond donors (Lipinski definition) is 1. The molecule has 4 rings (SSSR count). The molecule has 6 heteroatoms. The Balaban J connectivity index is 1.64. The summed E-state index contributed by atoms with van der Waals surface area (Å²) in [5.41, 5.74) is -0.520. The number of aromatic hydroxyl groups is 1. The van der Waals surface area contributed by atoms with Gasteiger partial charge in [-0.05, 0) is 59.9 Å². The molecular weight excluding hydrogens is 358 g/mol. The van der Waals surface area contributed by atoms with Crippen LogP contribution in [0.15, 0.2) is 18.2 Å². The molecule has 1 amide bonds. The fourth-order valence-corrected chi connectivity index (χ4v) is 4.97. The largest absolute Gasteiger partial charge is 0.504 e. The monoisotopic (exact) mass is 389 g/mol. The Morgan fingerprint density at radius 3 is 2.79 bits per heavy atom. The van der Waals surface area contributed by atoms with E-state index in [4.69, 9.17) is 14.2 Å². The summed E-state index contributed by atoms with van der Waals surface area (Å²) in [5, 5.41) is 10.3. The first-order valence-corrected chi connectivity index (χ1v) is 10.2. The molecule has 3 heterocycles. The van der Waals surface area contributed by atoms with Gasteiger partial charge < -0.3 is 24.2 Å². The highest BCUT2D eigenvalue weighted by molar-refractivity contribution is 5.70. The quantitative estimate of drug-likeness (QED) is 0.712. The standard InChI is InChI=1S/C22H31NO5/c1-20(2,3)28-19(25)23-11-7-10-22(23)12-15-17(26-13-22)14-8-6-9-16(24)18(14)27-21(15,4)5/h6,8-9,15,17,24H,7,10-13H2,1-5H3/t15-,17+,22?/m1/s1. The number of hydrogen-bond acceptors (Lipinski definition) is 5. The Morgan fingerprint density at radius 2 is 2.07 bits per heavy atom. The molecule has 1 N–H and O–H groups in total. The number of nitrogens with zero attached hydrogens (tertiary/aromatic N) is 1. The Bertz CT molecular complexity index is 784. The van der Waals surface area contributed by atoms with Crippen LogP contribution in [-0.2, 0) is 9.47 Å². The lowest BCUT2D eigenvalue weighted by molar-refractivity contribution is -0.164. The number of ether oxygens (including phenoxy) is 3. The van der Waals surface area contributed by atoms with Gasteiger partial charge in [-0.15, -0.1) is 0 Å². The van der Waals surface area contributed by atoms with E-state index in [0.29, 0.717) is 18.9 Å². The van der Waals surface area contributed by atoms with E-state index in [1.54, 1.807) is 6.07 Å². The minimum absolute atomic E-state index is 0.0681. The third-order valence-electron chi connectivity index (χ3n) is 6.30. The number of carbonyl (C=O) groups excluding carboxylic acids is 1. The van der Waals surface area contributed by atoms with Crippen LogP contribution in [0, 0.1) is 5.92 Å². The third-order valence-corrected chi connectivity index (χ3v) is 6.30. The van der Waals surface area contributed by atoms with Gasteiger partial charge in [0.05, 0.1) is 18.2 Å². The van der Waals surface area contributed by atoms with Crippen molar-refractivity contribution in [2.75, 3.05) is 13.2 Å². The number of likely N-dealkylation sites (tertiary alicyclic amines) is 1. The van der Waals surface area contributed by atoms with Gasteiger partial charge in [0.1, 0.15) is 11.2 Å². The van der Waals surface area contributed by atoms with E-state index < -0.39 is 11.2 Å². The van der Waals surface area contributed by atoms with E-state index >= 15 is 0 Å². The van der Waals surface area contributed by atoms with E-state index in [2.05, 4.69) is 0 Å². The minimum Gasteiger partial charge on any atom is -0.504 e. The third kappa shape index (κ3) is 3.11. The molecule has 0 saturated carbocycles. The first-order valence-electron chi connectivity index (χ1n) is 10.2. The molecule has 6 nitrogen and oxygen atoms in total. The summed E-state index contributed by atoms with van der Waals surface area (Å²) in [6.07, 6.45) is 2.22. The van der Waals surface area contributed by atoms with Crippen LogP contribution in [0.2, 0.25) is 0 Å². The van der Waals surface area contributed by atoms with E-state index in [1.807, 2.05) is 51.7 Å². The van der Waals surface area contributed by atoms with Crippen molar-refractivity contribution in [3.63, 3.8) is 0 Å². The molecule has 0 aromatic heterocycles. The van der Waals surface area contributed by atoms with Gasteiger partial charge in [0, 0.05) is 18.0 Å². The summed E-state index contributed by atoms with van der Waals surface area (Å²) >= 11 is 0. The van der Waals surface area contributed by atoms with Crippen molar-refractivity contribution in [2.24, 2.45) is 5.92 Å². The molecule has 154 valence electrons. The maximum Gasteiger partial charge on any atom is 0.410 e. The van der Waals surface area contributed by atoms with Crippen LogP contribution in [-0.4, -0.2) is 46.0 Å².